The van der Waals surface area contributed by atoms with E-state index >= 15 is 0 Å². The van der Waals surface area contributed by atoms with Crippen molar-refractivity contribution in [3.05, 3.63) is 17.6 Å². The highest BCUT2D eigenvalue weighted by Gasteiger charge is 2.05. The number of hydrogen-bond donors (Lipinski definition) is 2. The third-order valence-electron chi connectivity index (χ3n) is 2.09. The maximum atomic E-state index is 10.4. The number of carboxylic acid groups (broad SMARTS) is 1. The van der Waals surface area contributed by atoms with Crippen LogP contribution in [0.2, 0.25) is 0 Å². The second-order valence-electron chi connectivity index (χ2n) is 3.95. The van der Waals surface area contributed by atoms with E-state index in [2.05, 4.69) is 29.1 Å². The average molecular weight is 223 g/mol. The van der Waals surface area contributed by atoms with Crippen molar-refractivity contribution in [2.45, 2.75) is 33.1 Å². The first-order chi connectivity index (χ1) is 7.49. The zero-order valence-corrected chi connectivity index (χ0v) is 9.82. The molecular formula is C11H17N3O2. The molecule has 0 aliphatic heterocycles. The van der Waals surface area contributed by atoms with Crippen molar-refractivity contribution in [3.8, 4) is 0 Å². The van der Waals surface area contributed by atoms with Crippen LogP contribution in [0.4, 0.5) is 5.82 Å². The number of aryl methyl sites for hydroxylation is 1. The van der Waals surface area contributed by atoms with Crippen molar-refractivity contribution in [1.29, 1.82) is 0 Å². The Labute approximate surface area is 94.9 Å². The quantitative estimate of drug-likeness (QED) is 0.796. The summed E-state index contributed by atoms with van der Waals surface area (Å²) in [5.74, 6) is 0.908. The number of aromatic nitrogens is 2. The van der Waals surface area contributed by atoms with E-state index in [1.807, 2.05) is 13.0 Å². The van der Waals surface area contributed by atoms with Crippen molar-refractivity contribution < 1.29 is 9.90 Å². The van der Waals surface area contributed by atoms with Gasteiger partial charge < -0.3 is 10.4 Å². The molecule has 0 saturated carbocycles. The van der Waals surface area contributed by atoms with E-state index in [1.54, 1.807) is 0 Å². The molecular weight excluding hydrogens is 206 g/mol. The third kappa shape index (κ3) is 3.84. The fourth-order valence-electron chi connectivity index (χ4n) is 1.27. The third-order valence-corrected chi connectivity index (χ3v) is 2.09. The number of hydrogen-bond acceptors (Lipinski definition) is 4. The minimum absolute atomic E-state index is 0.0834. The summed E-state index contributed by atoms with van der Waals surface area (Å²) < 4.78 is 0. The Morgan fingerprint density at radius 1 is 1.50 bits per heavy atom. The lowest BCUT2D eigenvalue weighted by Crippen LogP contribution is -2.10. The van der Waals surface area contributed by atoms with Crippen LogP contribution in [0.25, 0.3) is 0 Å². The monoisotopic (exact) mass is 223 g/mol. The maximum Gasteiger partial charge on any atom is 0.305 e. The van der Waals surface area contributed by atoms with E-state index in [9.17, 15) is 4.79 Å². The van der Waals surface area contributed by atoms with E-state index in [4.69, 9.17) is 5.11 Å². The molecule has 1 rings (SSSR count). The average Bonchev–Trinajstić information content (AvgIpc) is 2.16. The standard InChI is InChI=1S/C11H17N3O2/c1-7(2)9-6-10(14-8(3)13-9)12-5-4-11(15)16/h6-7H,4-5H2,1-3H3,(H,15,16)(H,12,13,14). The summed E-state index contributed by atoms with van der Waals surface area (Å²) in [4.78, 5) is 18.9. The molecule has 0 aromatic carbocycles. The molecule has 2 N–H and O–H groups in total. The molecule has 0 radical (unpaired) electrons. The van der Waals surface area contributed by atoms with E-state index < -0.39 is 5.97 Å². The summed E-state index contributed by atoms with van der Waals surface area (Å²) >= 11 is 0. The molecule has 1 aromatic heterocycles. The summed E-state index contributed by atoms with van der Waals surface area (Å²) in [7, 11) is 0. The highest BCUT2D eigenvalue weighted by Crippen LogP contribution is 2.15. The van der Waals surface area contributed by atoms with Crippen molar-refractivity contribution in [3.63, 3.8) is 0 Å². The minimum Gasteiger partial charge on any atom is -0.481 e. The van der Waals surface area contributed by atoms with Crippen molar-refractivity contribution in [1.82, 2.24) is 9.97 Å². The van der Waals surface area contributed by atoms with Gasteiger partial charge in [0.2, 0.25) is 0 Å². The Kier molecular flexibility index (Phi) is 4.22. The van der Waals surface area contributed by atoms with Crippen LogP contribution in [0.1, 0.15) is 37.7 Å². The first-order valence-corrected chi connectivity index (χ1v) is 5.30. The van der Waals surface area contributed by atoms with Crippen LogP contribution in [-0.2, 0) is 4.79 Å². The van der Waals surface area contributed by atoms with Crippen LogP contribution in [0.5, 0.6) is 0 Å². The molecule has 0 aliphatic carbocycles. The van der Waals surface area contributed by atoms with Crippen LogP contribution < -0.4 is 5.32 Å². The van der Waals surface area contributed by atoms with Gasteiger partial charge in [0, 0.05) is 18.3 Å². The van der Waals surface area contributed by atoms with Crippen LogP contribution in [0.15, 0.2) is 6.07 Å². The van der Waals surface area contributed by atoms with Gasteiger partial charge in [-0.05, 0) is 12.8 Å². The first-order valence-electron chi connectivity index (χ1n) is 5.30. The Balaban J connectivity index is 2.69. The number of nitrogens with one attached hydrogen (secondary N) is 1. The molecule has 0 amide bonds. The molecule has 0 atom stereocenters. The number of carbonyl (C=O) groups is 1. The van der Waals surface area contributed by atoms with Gasteiger partial charge in [-0.25, -0.2) is 9.97 Å². The SMILES string of the molecule is Cc1nc(NCCC(=O)O)cc(C(C)C)n1. The molecule has 5 nitrogen and oxygen atoms in total. The van der Waals surface area contributed by atoms with E-state index in [-0.39, 0.29) is 6.42 Å². The van der Waals surface area contributed by atoms with Gasteiger partial charge in [0.25, 0.3) is 0 Å². The molecule has 0 unspecified atom stereocenters. The normalized spacial score (nSPS) is 10.5. The Hall–Kier alpha value is -1.65. The molecule has 0 saturated heterocycles. The fraction of sp³-hybridized carbons (Fsp3) is 0.545. The highest BCUT2D eigenvalue weighted by atomic mass is 16.4. The Morgan fingerprint density at radius 2 is 2.19 bits per heavy atom. The molecule has 5 heteroatoms. The van der Waals surface area contributed by atoms with Gasteiger partial charge in [-0.2, -0.15) is 0 Å². The zero-order chi connectivity index (χ0) is 12.1. The van der Waals surface area contributed by atoms with Crippen LogP contribution in [0.3, 0.4) is 0 Å². The van der Waals surface area contributed by atoms with E-state index in [1.165, 1.54) is 0 Å². The predicted octanol–water partition coefficient (Wildman–Crippen LogP) is 1.80. The van der Waals surface area contributed by atoms with Gasteiger partial charge in [-0.1, -0.05) is 13.8 Å². The van der Waals surface area contributed by atoms with Gasteiger partial charge in [0.1, 0.15) is 11.6 Å². The van der Waals surface area contributed by atoms with Gasteiger partial charge in [0.15, 0.2) is 0 Å². The zero-order valence-electron chi connectivity index (χ0n) is 9.82. The lowest BCUT2D eigenvalue weighted by Gasteiger charge is -2.09. The summed E-state index contributed by atoms with van der Waals surface area (Å²) in [6.07, 6.45) is 0.0834. The second kappa shape index (κ2) is 5.44. The maximum absolute atomic E-state index is 10.4. The lowest BCUT2D eigenvalue weighted by molar-refractivity contribution is -0.136. The Bertz CT molecular complexity index is 377. The Morgan fingerprint density at radius 3 is 2.75 bits per heavy atom. The lowest BCUT2D eigenvalue weighted by atomic mass is 10.1. The minimum atomic E-state index is -0.817. The predicted molar refractivity (Wildman–Crippen MR) is 61.6 cm³/mol. The second-order valence-corrected chi connectivity index (χ2v) is 3.95. The number of nitrogens with zero attached hydrogens (tertiary/aromatic N) is 2. The molecule has 0 bridgehead atoms. The summed E-state index contributed by atoms with van der Waals surface area (Å²) in [5, 5.41) is 11.5. The largest absolute Gasteiger partial charge is 0.481 e. The van der Waals surface area contributed by atoms with Crippen LogP contribution >= 0.6 is 0 Å². The van der Waals surface area contributed by atoms with E-state index in [0.29, 0.717) is 24.1 Å². The number of carboxylic acids is 1. The summed E-state index contributed by atoms with van der Waals surface area (Å²) in [6.45, 7) is 6.32. The van der Waals surface area contributed by atoms with Gasteiger partial charge >= 0.3 is 5.97 Å². The number of aliphatic carboxylic acids is 1. The van der Waals surface area contributed by atoms with Crippen molar-refractivity contribution >= 4 is 11.8 Å². The van der Waals surface area contributed by atoms with Crippen molar-refractivity contribution in [2.24, 2.45) is 0 Å². The van der Waals surface area contributed by atoms with Crippen molar-refractivity contribution in [2.75, 3.05) is 11.9 Å². The van der Waals surface area contributed by atoms with Crippen LogP contribution in [-0.4, -0.2) is 27.6 Å². The molecule has 1 aromatic rings. The molecule has 1 heterocycles. The number of rotatable bonds is 5. The van der Waals surface area contributed by atoms with Gasteiger partial charge in [-0.3, -0.25) is 4.79 Å². The molecule has 0 fully saturated rings. The summed E-state index contributed by atoms with van der Waals surface area (Å²) in [6, 6.07) is 1.86. The number of anilines is 1. The molecule has 16 heavy (non-hydrogen) atoms. The van der Waals surface area contributed by atoms with Crippen LogP contribution in [0, 0.1) is 6.92 Å². The summed E-state index contributed by atoms with van der Waals surface area (Å²) in [5.41, 5.74) is 0.963. The van der Waals surface area contributed by atoms with Gasteiger partial charge in [-0.15, -0.1) is 0 Å². The molecule has 0 aliphatic rings. The molecule has 88 valence electrons. The van der Waals surface area contributed by atoms with E-state index in [0.717, 1.165) is 5.69 Å². The van der Waals surface area contributed by atoms with Gasteiger partial charge in [0.05, 0.1) is 6.42 Å². The first kappa shape index (κ1) is 12.4. The fourth-order valence-corrected chi connectivity index (χ4v) is 1.27. The topological polar surface area (TPSA) is 75.1 Å². The molecule has 0 spiro atoms. The highest BCUT2D eigenvalue weighted by molar-refractivity contribution is 5.67. The smallest absolute Gasteiger partial charge is 0.305 e.